The van der Waals surface area contributed by atoms with E-state index in [9.17, 15) is 0 Å². The Morgan fingerprint density at radius 1 is 1.45 bits per heavy atom. The topological polar surface area (TPSA) is 42.7 Å². The van der Waals surface area contributed by atoms with Gasteiger partial charge in [-0.3, -0.25) is 4.68 Å². The lowest BCUT2D eigenvalue weighted by Gasteiger charge is -2.17. The number of hydrogen-bond acceptors (Lipinski definition) is 3. The second kappa shape index (κ2) is 7.20. The first-order valence-electron chi connectivity index (χ1n) is 6.64. The highest BCUT2D eigenvalue weighted by atomic mass is 79.9. The largest absolute Gasteiger partial charge is 0.313 e. The van der Waals surface area contributed by atoms with Gasteiger partial charge in [-0.15, -0.1) is 0 Å². The monoisotopic (exact) mass is 356 g/mol. The van der Waals surface area contributed by atoms with Gasteiger partial charge in [-0.1, -0.05) is 24.6 Å². The predicted molar refractivity (Wildman–Crippen MR) is 85.0 cm³/mol. The molecule has 0 fully saturated rings. The molecule has 2 rings (SSSR count). The minimum atomic E-state index is 0.184. The van der Waals surface area contributed by atoms with Gasteiger partial charge in [0.25, 0.3) is 0 Å². The molecule has 4 nitrogen and oxygen atoms in total. The Morgan fingerprint density at radius 3 is 2.90 bits per heavy atom. The van der Waals surface area contributed by atoms with E-state index in [4.69, 9.17) is 11.6 Å². The Bertz CT molecular complexity index is 570. The van der Waals surface area contributed by atoms with Gasteiger partial charge in [0.15, 0.2) is 0 Å². The lowest BCUT2D eigenvalue weighted by molar-refractivity contribution is 0.517. The van der Waals surface area contributed by atoms with Gasteiger partial charge in [-0.05, 0) is 47.1 Å². The van der Waals surface area contributed by atoms with Crippen molar-refractivity contribution in [1.82, 2.24) is 20.1 Å². The molecule has 0 aliphatic heterocycles. The van der Waals surface area contributed by atoms with Gasteiger partial charge in [-0.2, -0.15) is 5.10 Å². The summed E-state index contributed by atoms with van der Waals surface area (Å²) in [6, 6.07) is 6.17. The molecule has 0 saturated carbocycles. The summed E-state index contributed by atoms with van der Waals surface area (Å²) in [6.45, 7) is 3.04. The van der Waals surface area contributed by atoms with Crippen LogP contribution in [0.25, 0.3) is 0 Å². The van der Waals surface area contributed by atoms with E-state index < -0.39 is 0 Å². The van der Waals surface area contributed by atoms with Gasteiger partial charge in [0, 0.05) is 23.5 Å². The van der Waals surface area contributed by atoms with Gasteiger partial charge in [0.05, 0.1) is 5.02 Å². The molecule has 1 aromatic carbocycles. The first-order chi connectivity index (χ1) is 9.65. The SMILES string of the molecule is CCCn1ncnc1CC(NC)c1ccc(Cl)c(Br)c1. The summed E-state index contributed by atoms with van der Waals surface area (Å²) < 4.78 is 2.88. The van der Waals surface area contributed by atoms with Gasteiger partial charge < -0.3 is 5.32 Å². The van der Waals surface area contributed by atoms with Crippen LogP contribution in [0.4, 0.5) is 0 Å². The first kappa shape index (κ1) is 15.5. The average Bonchev–Trinajstić information content (AvgIpc) is 2.87. The van der Waals surface area contributed by atoms with Crippen LogP contribution in [0.3, 0.4) is 0 Å². The fourth-order valence-electron chi connectivity index (χ4n) is 2.14. The van der Waals surface area contributed by atoms with E-state index in [1.807, 2.05) is 29.9 Å². The predicted octanol–water partition coefficient (Wildman–Crippen LogP) is 3.61. The third-order valence-corrected chi connectivity index (χ3v) is 4.43. The number of rotatable bonds is 6. The van der Waals surface area contributed by atoms with E-state index in [-0.39, 0.29) is 6.04 Å². The molecule has 1 aromatic heterocycles. The van der Waals surface area contributed by atoms with Crippen LogP contribution in [0.5, 0.6) is 0 Å². The molecular weight excluding hydrogens is 340 g/mol. The number of likely N-dealkylation sites (N-methyl/N-ethyl adjacent to an activating group) is 1. The van der Waals surface area contributed by atoms with Crippen LogP contribution in [0.1, 0.15) is 30.8 Å². The van der Waals surface area contributed by atoms with Crippen molar-refractivity contribution in [3.05, 3.63) is 45.4 Å². The number of halogens is 2. The minimum absolute atomic E-state index is 0.184. The Morgan fingerprint density at radius 2 is 2.25 bits per heavy atom. The van der Waals surface area contributed by atoms with E-state index in [0.717, 1.165) is 34.7 Å². The maximum atomic E-state index is 6.04. The summed E-state index contributed by atoms with van der Waals surface area (Å²) in [7, 11) is 1.95. The summed E-state index contributed by atoms with van der Waals surface area (Å²) >= 11 is 9.51. The first-order valence-corrected chi connectivity index (χ1v) is 7.81. The Kier molecular flexibility index (Phi) is 5.57. The number of benzene rings is 1. The van der Waals surface area contributed by atoms with Crippen molar-refractivity contribution < 1.29 is 0 Å². The van der Waals surface area contributed by atoms with Crippen molar-refractivity contribution in [3.8, 4) is 0 Å². The zero-order valence-electron chi connectivity index (χ0n) is 11.6. The van der Waals surface area contributed by atoms with Crippen molar-refractivity contribution in [2.75, 3.05) is 7.05 Å². The lowest BCUT2D eigenvalue weighted by Crippen LogP contribution is -2.21. The fraction of sp³-hybridized carbons (Fsp3) is 0.429. The molecule has 0 radical (unpaired) electrons. The molecule has 0 aliphatic carbocycles. The maximum Gasteiger partial charge on any atom is 0.138 e. The van der Waals surface area contributed by atoms with Crippen molar-refractivity contribution in [2.24, 2.45) is 0 Å². The van der Waals surface area contributed by atoms with E-state index in [0.29, 0.717) is 0 Å². The molecule has 1 atom stereocenters. The standard InChI is InChI=1S/C14H18BrClN4/c1-3-6-20-14(18-9-19-20)8-13(17-2)10-4-5-12(16)11(15)7-10/h4-5,7,9,13,17H,3,6,8H2,1-2H3. The van der Waals surface area contributed by atoms with Crippen molar-refractivity contribution in [1.29, 1.82) is 0 Å². The summed E-state index contributed by atoms with van der Waals surface area (Å²) in [4.78, 5) is 4.36. The summed E-state index contributed by atoms with van der Waals surface area (Å²) in [5, 5.41) is 8.31. The van der Waals surface area contributed by atoms with Gasteiger partial charge >= 0.3 is 0 Å². The van der Waals surface area contributed by atoms with Crippen molar-refractivity contribution >= 4 is 27.5 Å². The van der Waals surface area contributed by atoms with Gasteiger partial charge in [0.1, 0.15) is 12.2 Å². The highest BCUT2D eigenvalue weighted by Crippen LogP contribution is 2.27. The maximum absolute atomic E-state index is 6.04. The zero-order valence-corrected chi connectivity index (χ0v) is 13.9. The number of hydrogen-bond donors (Lipinski definition) is 1. The average molecular weight is 358 g/mol. The quantitative estimate of drug-likeness (QED) is 0.859. The molecule has 0 spiro atoms. The van der Waals surface area contributed by atoms with Crippen LogP contribution in [-0.2, 0) is 13.0 Å². The molecule has 6 heteroatoms. The summed E-state index contributed by atoms with van der Waals surface area (Å²) in [5.41, 5.74) is 1.18. The summed E-state index contributed by atoms with van der Waals surface area (Å²) in [5.74, 6) is 0.997. The van der Waals surface area contributed by atoms with Gasteiger partial charge in [-0.25, -0.2) is 4.98 Å². The van der Waals surface area contributed by atoms with Crippen LogP contribution in [-0.4, -0.2) is 21.8 Å². The Balaban J connectivity index is 2.19. The number of aryl methyl sites for hydroxylation is 1. The lowest BCUT2D eigenvalue weighted by atomic mass is 10.0. The molecule has 1 heterocycles. The molecule has 0 amide bonds. The van der Waals surface area contributed by atoms with Crippen LogP contribution in [0.2, 0.25) is 5.02 Å². The minimum Gasteiger partial charge on any atom is -0.313 e. The van der Waals surface area contributed by atoms with Crippen LogP contribution in [0, 0.1) is 0 Å². The van der Waals surface area contributed by atoms with E-state index >= 15 is 0 Å². The van der Waals surface area contributed by atoms with Crippen LogP contribution in [0.15, 0.2) is 29.0 Å². The third-order valence-electron chi connectivity index (χ3n) is 3.21. The highest BCUT2D eigenvalue weighted by Gasteiger charge is 2.15. The second-order valence-electron chi connectivity index (χ2n) is 4.62. The molecule has 0 bridgehead atoms. The normalized spacial score (nSPS) is 12.6. The smallest absolute Gasteiger partial charge is 0.138 e. The molecule has 0 aliphatic rings. The van der Waals surface area contributed by atoms with Gasteiger partial charge in [0.2, 0.25) is 0 Å². The third kappa shape index (κ3) is 3.59. The summed E-state index contributed by atoms with van der Waals surface area (Å²) in [6.07, 6.45) is 3.47. The van der Waals surface area contributed by atoms with E-state index in [2.05, 4.69) is 38.3 Å². The molecule has 0 saturated heterocycles. The Hall–Kier alpha value is -0.910. The van der Waals surface area contributed by atoms with E-state index in [1.165, 1.54) is 5.56 Å². The highest BCUT2D eigenvalue weighted by molar-refractivity contribution is 9.10. The molecule has 108 valence electrons. The van der Waals surface area contributed by atoms with Crippen LogP contribution >= 0.6 is 27.5 Å². The van der Waals surface area contributed by atoms with E-state index in [1.54, 1.807) is 6.33 Å². The zero-order chi connectivity index (χ0) is 14.5. The van der Waals surface area contributed by atoms with Crippen molar-refractivity contribution in [3.63, 3.8) is 0 Å². The molecule has 1 N–H and O–H groups in total. The number of nitrogens with zero attached hydrogens (tertiary/aromatic N) is 3. The second-order valence-corrected chi connectivity index (χ2v) is 5.88. The molecule has 1 unspecified atom stereocenters. The molecular formula is C14H18BrClN4. The molecule has 20 heavy (non-hydrogen) atoms. The molecule has 2 aromatic rings. The Labute approximate surface area is 132 Å². The number of nitrogens with one attached hydrogen (secondary N) is 1. The van der Waals surface area contributed by atoms with Crippen LogP contribution < -0.4 is 5.32 Å². The van der Waals surface area contributed by atoms with Crippen molar-refractivity contribution in [2.45, 2.75) is 32.4 Å². The number of aromatic nitrogens is 3. The fourth-order valence-corrected chi connectivity index (χ4v) is 2.66.